The second kappa shape index (κ2) is 4.27. The zero-order valence-electron chi connectivity index (χ0n) is 9.95. The van der Waals surface area contributed by atoms with Gasteiger partial charge in [0, 0.05) is 12.6 Å². The molecule has 3 rings (SSSR count). The average Bonchev–Trinajstić information content (AvgIpc) is 2.85. The van der Waals surface area contributed by atoms with Crippen molar-refractivity contribution in [3.05, 3.63) is 12.1 Å². The van der Waals surface area contributed by atoms with E-state index in [1.807, 2.05) is 12.1 Å². The Hall–Kier alpha value is -1.72. The highest BCUT2D eigenvalue weighted by Crippen LogP contribution is 2.24. The molecule has 2 aromatic heterocycles. The fourth-order valence-corrected chi connectivity index (χ4v) is 2.52. The molecule has 0 radical (unpaired) electrons. The van der Waals surface area contributed by atoms with Crippen LogP contribution in [0.4, 0.5) is 5.82 Å². The van der Waals surface area contributed by atoms with Gasteiger partial charge < -0.3 is 4.90 Å². The maximum Gasteiger partial charge on any atom is 0.200 e. The third kappa shape index (κ3) is 1.83. The van der Waals surface area contributed by atoms with Crippen LogP contribution in [0.25, 0.3) is 5.65 Å². The third-order valence-electron chi connectivity index (χ3n) is 3.45. The Bertz CT molecular complexity index is 507. The van der Waals surface area contributed by atoms with Crippen LogP contribution in [0.15, 0.2) is 12.1 Å². The summed E-state index contributed by atoms with van der Waals surface area (Å²) in [5.74, 6) is 0.983. The fraction of sp³-hybridized carbons (Fsp3) is 0.636. The van der Waals surface area contributed by atoms with Crippen LogP contribution in [0, 0.1) is 0 Å². The van der Waals surface area contributed by atoms with Gasteiger partial charge in [-0.3, -0.25) is 0 Å². The smallest absolute Gasteiger partial charge is 0.200 e. The average molecular weight is 232 g/mol. The Labute approximate surface area is 99.6 Å². The summed E-state index contributed by atoms with van der Waals surface area (Å²) in [6.07, 6.45) is 4.98. The van der Waals surface area contributed by atoms with E-state index in [0.717, 1.165) is 18.8 Å². The van der Waals surface area contributed by atoms with E-state index in [1.165, 1.54) is 23.9 Å². The van der Waals surface area contributed by atoms with E-state index in [4.69, 9.17) is 0 Å². The summed E-state index contributed by atoms with van der Waals surface area (Å²) in [6.45, 7) is 3.32. The number of rotatable bonds is 2. The number of piperidine rings is 1. The molecule has 0 N–H and O–H groups in total. The summed E-state index contributed by atoms with van der Waals surface area (Å²) in [7, 11) is 0. The van der Waals surface area contributed by atoms with Gasteiger partial charge in [0.25, 0.3) is 0 Å². The van der Waals surface area contributed by atoms with Gasteiger partial charge in [0.15, 0.2) is 11.5 Å². The summed E-state index contributed by atoms with van der Waals surface area (Å²) >= 11 is 0. The SMILES string of the molecule is CC[C@H]1CCCCN1c1ccc2nnnn2n1. The molecule has 90 valence electrons. The summed E-state index contributed by atoms with van der Waals surface area (Å²) in [4.78, 5) is 2.38. The zero-order valence-corrected chi connectivity index (χ0v) is 9.95. The standard InChI is InChI=1S/C11H16N6/c1-2-9-5-3-4-8-16(9)11-7-6-10-12-14-15-17(10)13-11/h6-7,9H,2-5,8H2,1H3/t9-/m0/s1. The number of hydrogen-bond acceptors (Lipinski definition) is 5. The van der Waals surface area contributed by atoms with Gasteiger partial charge in [-0.25, -0.2) is 0 Å². The molecule has 0 unspecified atom stereocenters. The molecule has 1 aliphatic heterocycles. The van der Waals surface area contributed by atoms with E-state index in [2.05, 4.69) is 32.4 Å². The zero-order chi connectivity index (χ0) is 11.7. The molecule has 0 amide bonds. The molecular weight excluding hydrogens is 216 g/mol. The first kappa shape index (κ1) is 10.4. The Kier molecular flexibility index (Phi) is 2.62. The highest BCUT2D eigenvalue weighted by Gasteiger charge is 2.22. The molecule has 2 aromatic rings. The van der Waals surface area contributed by atoms with E-state index in [9.17, 15) is 0 Å². The molecule has 1 aliphatic rings. The molecule has 17 heavy (non-hydrogen) atoms. The van der Waals surface area contributed by atoms with Gasteiger partial charge in [-0.1, -0.05) is 6.92 Å². The van der Waals surface area contributed by atoms with Crippen LogP contribution in [0.3, 0.4) is 0 Å². The number of fused-ring (bicyclic) bond motifs is 1. The molecule has 3 heterocycles. The number of hydrogen-bond donors (Lipinski definition) is 0. The lowest BCUT2D eigenvalue weighted by molar-refractivity contribution is 0.444. The molecule has 1 atom stereocenters. The van der Waals surface area contributed by atoms with Crippen LogP contribution in [-0.4, -0.2) is 37.8 Å². The second-order valence-electron chi connectivity index (χ2n) is 4.47. The minimum Gasteiger partial charge on any atom is -0.352 e. The van der Waals surface area contributed by atoms with Crippen molar-refractivity contribution in [2.75, 3.05) is 11.4 Å². The topological polar surface area (TPSA) is 59.2 Å². The van der Waals surface area contributed by atoms with Crippen molar-refractivity contribution in [3.63, 3.8) is 0 Å². The van der Waals surface area contributed by atoms with Crippen molar-refractivity contribution in [2.24, 2.45) is 0 Å². The van der Waals surface area contributed by atoms with E-state index < -0.39 is 0 Å². The van der Waals surface area contributed by atoms with E-state index in [-0.39, 0.29) is 0 Å². The van der Waals surface area contributed by atoms with E-state index in [0.29, 0.717) is 11.7 Å². The predicted molar refractivity (Wildman–Crippen MR) is 63.9 cm³/mol. The van der Waals surface area contributed by atoms with E-state index in [1.54, 1.807) is 0 Å². The fourth-order valence-electron chi connectivity index (χ4n) is 2.52. The van der Waals surface area contributed by atoms with Crippen LogP contribution in [-0.2, 0) is 0 Å². The van der Waals surface area contributed by atoms with Crippen LogP contribution in [0.5, 0.6) is 0 Å². The summed E-state index contributed by atoms with van der Waals surface area (Å²) in [6, 6.07) is 4.54. The Morgan fingerprint density at radius 2 is 2.29 bits per heavy atom. The van der Waals surface area contributed by atoms with Crippen molar-refractivity contribution in [1.29, 1.82) is 0 Å². The molecule has 0 aromatic carbocycles. The second-order valence-corrected chi connectivity index (χ2v) is 4.47. The third-order valence-corrected chi connectivity index (χ3v) is 3.45. The van der Waals surface area contributed by atoms with Crippen LogP contribution in [0.2, 0.25) is 0 Å². The summed E-state index contributed by atoms with van der Waals surface area (Å²) in [5, 5.41) is 15.8. The minimum atomic E-state index is 0.602. The first-order chi connectivity index (χ1) is 8.38. The van der Waals surface area contributed by atoms with Crippen LogP contribution < -0.4 is 4.90 Å². The highest BCUT2D eigenvalue weighted by atomic mass is 15.6. The van der Waals surface area contributed by atoms with Gasteiger partial charge in [-0.05, 0) is 48.2 Å². The summed E-state index contributed by atoms with van der Waals surface area (Å²) in [5.41, 5.74) is 0.693. The quantitative estimate of drug-likeness (QED) is 0.780. The molecule has 6 nitrogen and oxygen atoms in total. The highest BCUT2D eigenvalue weighted by molar-refractivity contribution is 5.45. The monoisotopic (exact) mass is 232 g/mol. The molecule has 1 fully saturated rings. The van der Waals surface area contributed by atoms with Gasteiger partial charge in [-0.2, -0.15) is 0 Å². The number of nitrogens with zero attached hydrogens (tertiary/aromatic N) is 6. The first-order valence-electron chi connectivity index (χ1n) is 6.20. The molecule has 1 saturated heterocycles. The number of anilines is 1. The number of aromatic nitrogens is 5. The van der Waals surface area contributed by atoms with Gasteiger partial charge in [0.1, 0.15) is 0 Å². The van der Waals surface area contributed by atoms with Crippen LogP contribution >= 0.6 is 0 Å². The molecule has 0 saturated carbocycles. The Morgan fingerprint density at radius 3 is 3.18 bits per heavy atom. The Morgan fingerprint density at radius 1 is 1.35 bits per heavy atom. The molecule has 0 aliphatic carbocycles. The molecule has 6 heteroatoms. The maximum absolute atomic E-state index is 4.46. The van der Waals surface area contributed by atoms with Gasteiger partial charge >= 0.3 is 0 Å². The largest absolute Gasteiger partial charge is 0.352 e. The maximum atomic E-state index is 4.46. The van der Waals surface area contributed by atoms with Gasteiger partial charge in [0.05, 0.1) is 0 Å². The normalized spacial score (nSPS) is 21.0. The van der Waals surface area contributed by atoms with Crippen molar-refractivity contribution < 1.29 is 0 Å². The minimum absolute atomic E-state index is 0.602. The van der Waals surface area contributed by atoms with Crippen molar-refractivity contribution in [1.82, 2.24) is 25.3 Å². The Balaban J connectivity index is 1.95. The molecule has 0 spiro atoms. The summed E-state index contributed by atoms with van der Waals surface area (Å²) < 4.78 is 1.50. The van der Waals surface area contributed by atoms with E-state index >= 15 is 0 Å². The molecule has 0 bridgehead atoms. The van der Waals surface area contributed by atoms with Crippen LogP contribution in [0.1, 0.15) is 32.6 Å². The molecular formula is C11H16N6. The van der Waals surface area contributed by atoms with Gasteiger partial charge in [-0.15, -0.1) is 14.8 Å². The van der Waals surface area contributed by atoms with Crippen molar-refractivity contribution >= 4 is 11.5 Å². The lowest BCUT2D eigenvalue weighted by Crippen LogP contribution is -2.39. The lowest BCUT2D eigenvalue weighted by atomic mass is 10.0. The van der Waals surface area contributed by atoms with Gasteiger partial charge in [0.2, 0.25) is 0 Å². The predicted octanol–water partition coefficient (Wildman–Crippen LogP) is 1.29. The number of tetrazole rings is 1. The first-order valence-corrected chi connectivity index (χ1v) is 6.20. The lowest BCUT2D eigenvalue weighted by Gasteiger charge is -2.35. The van der Waals surface area contributed by atoms with Crippen molar-refractivity contribution in [2.45, 2.75) is 38.6 Å². The van der Waals surface area contributed by atoms with Crippen molar-refractivity contribution in [3.8, 4) is 0 Å².